The molecule has 0 amide bonds. The Morgan fingerprint density at radius 2 is 1.90 bits per heavy atom. The van der Waals surface area contributed by atoms with Crippen LogP contribution in [-0.4, -0.2) is 12.0 Å². The molecule has 0 aliphatic heterocycles. The van der Waals surface area contributed by atoms with Crippen LogP contribution < -0.4 is 10.1 Å². The van der Waals surface area contributed by atoms with Gasteiger partial charge in [0, 0.05) is 18.2 Å². The monoisotopic (exact) mass is 286 g/mol. The zero-order chi connectivity index (χ0) is 15.4. The fourth-order valence-electron chi connectivity index (χ4n) is 2.07. The minimum absolute atomic E-state index is 0.0258. The molecule has 5 nitrogen and oxygen atoms in total. The second-order valence-electron chi connectivity index (χ2n) is 4.95. The van der Waals surface area contributed by atoms with Crippen LogP contribution in [-0.2, 0) is 6.54 Å². The highest BCUT2D eigenvalue weighted by Crippen LogP contribution is 2.31. The smallest absolute Gasteiger partial charge is 0.273 e. The largest absolute Gasteiger partial charge is 0.456 e. The second kappa shape index (κ2) is 6.37. The Morgan fingerprint density at radius 3 is 2.57 bits per heavy atom. The van der Waals surface area contributed by atoms with E-state index in [0.717, 1.165) is 16.7 Å². The third-order valence-corrected chi connectivity index (χ3v) is 3.19. The molecule has 0 heterocycles. The van der Waals surface area contributed by atoms with Gasteiger partial charge in [-0.15, -0.1) is 0 Å². The molecular formula is C16H18N2O3. The molecule has 110 valence electrons. The van der Waals surface area contributed by atoms with E-state index in [-0.39, 0.29) is 5.69 Å². The van der Waals surface area contributed by atoms with Crippen LogP contribution in [0.1, 0.15) is 16.7 Å². The van der Waals surface area contributed by atoms with E-state index in [9.17, 15) is 10.1 Å². The first-order valence-corrected chi connectivity index (χ1v) is 6.68. The van der Waals surface area contributed by atoms with Gasteiger partial charge in [-0.1, -0.05) is 17.7 Å². The zero-order valence-corrected chi connectivity index (χ0v) is 12.3. The van der Waals surface area contributed by atoms with Crippen molar-refractivity contribution in [3.05, 3.63) is 63.2 Å². The van der Waals surface area contributed by atoms with E-state index in [2.05, 4.69) is 5.32 Å². The molecule has 0 saturated heterocycles. The van der Waals surface area contributed by atoms with Gasteiger partial charge < -0.3 is 10.1 Å². The molecule has 0 unspecified atom stereocenters. The lowest BCUT2D eigenvalue weighted by atomic mass is 10.1. The molecule has 0 spiro atoms. The fourth-order valence-corrected chi connectivity index (χ4v) is 2.07. The van der Waals surface area contributed by atoms with Crippen LogP contribution in [0.3, 0.4) is 0 Å². The maximum atomic E-state index is 10.9. The molecule has 0 atom stereocenters. The van der Waals surface area contributed by atoms with Crippen LogP contribution in [0.15, 0.2) is 36.4 Å². The van der Waals surface area contributed by atoms with Gasteiger partial charge in [-0.05, 0) is 38.6 Å². The number of nitro benzene ring substituents is 1. The molecule has 0 radical (unpaired) electrons. The maximum absolute atomic E-state index is 10.9. The summed E-state index contributed by atoms with van der Waals surface area (Å²) in [6.45, 7) is 4.55. The van der Waals surface area contributed by atoms with E-state index in [0.29, 0.717) is 18.0 Å². The van der Waals surface area contributed by atoms with Gasteiger partial charge in [0.1, 0.15) is 11.5 Å². The Kier molecular flexibility index (Phi) is 4.55. The van der Waals surface area contributed by atoms with Gasteiger partial charge in [0.2, 0.25) is 0 Å². The van der Waals surface area contributed by atoms with Crippen molar-refractivity contribution in [1.82, 2.24) is 5.32 Å². The molecule has 2 aromatic carbocycles. The Balaban J connectivity index is 2.37. The number of nitrogens with one attached hydrogen (secondary N) is 1. The van der Waals surface area contributed by atoms with Crippen molar-refractivity contribution in [2.24, 2.45) is 0 Å². The number of benzene rings is 2. The first-order chi connectivity index (χ1) is 10.0. The number of non-ortho nitro benzene ring substituents is 1. The predicted octanol–water partition coefficient (Wildman–Crippen LogP) is 3.72. The van der Waals surface area contributed by atoms with Crippen LogP contribution in [0.25, 0.3) is 0 Å². The molecular weight excluding hydrogens is 268 g/mol. The Labute approximate surface area is 123 Å². The van der Waals surface area contributed by atoms with Crippen molar-refractivity contribution in [3.8, 4) is 11.5 Å². The zero-order valence-electron chi connectivity index (χ0n) is 12.3. The molecule has 2 rings (SSSR count). The summed E-state index contributed by atoms with van der Waals surface area (Å²) in [5.41, 5.74) is 3.04. The minimum Gasteiger partial charge on any atom is -0.456 e. The van der Waals surface area contributed by atoms with Crippen LogP contribution in [0.2, 0.25) is 0 Å². The molecule has 1 N–H and O–H groups in total. The van der Waals surface area contributed by atoms with Crippen LogP contribution in [0, 0.1) is 24.0 Å². The first-order valence-electron chi connectivity index (χ1n) is 6.68. The molecule has 0 aromatic heterocycles. The van der Waals surface area contributed by atoms with Crippen molar-refractivity contribution < 1.29 is 9.66 Å². The molecule has 0 aliphatic carbocycles. The Bertz CT molecular complexity index is 669. The van der Waals surface area contributed by atoms with E-state index in [1.165, 1.54) is 12.1 Å². The Hall–Kier alpha value is -2.40. The van der Waals surface area contributed by atoms with Crippen molar-refractivity contribution in [2.45, 2.75) is 20.4 Å². The topological polar surface area (TPSA) is 64.4 Å². The summed E-state index contributed by atoms with van der Waals surface area (Å²) in [6, 6.07) is 10.5. The number of aryl methyl sites for hydroxylation is 2. The van der Waals surface area contributed by atoms with E-state index < -0.39 is 4.92 Å². The standard InChI is InChI=1S/C16H18N2O3/c1-11-4-7-15(13(8-11)10-17-3)21-16-9-14(18(19)20)6-5-12(16)2/h4-9,17H,10H2,1-3H3. The molecule has 2 aromatic rings. The van der Waals surface area contributed by atoms with Gasteiger partial charge in [-0.2, -0.15) is 0 Å². The van der Waals surface area contributed by atoms with Gasteiger partial charge in [0.05, 0.1) is 11.0 Å². The third kappa shape index (κ3) is 3.58. The number of hydrogen-bond acceptors (Lipinski definition) is 4. The van der Waals surface area contributed by atoms with Crippen molar-refractivity contribution >= 4 is 5.69 Å². The summed E-state index contributed by atoms with van der Waals surface area (Å²) in [6.07, 6.45) is 0. The van der Waals surface area contributed by atoms with E-state index in [1.54, 1.807) is 6.07 Å². The lowest BCUT2D eigenvalue weighted by Crippen LogP contribution is -2.06. The highest BCUT2D eigenvalue weighted by atomic mass is 16.6. The van der Waals surface area contributed by atoms with Crippen molar-refractivity contribution in [3.63, 3.8) is 0 Å². The summed E-state index contributed by atoms with van der Waals surface area (Å²) >= 11 is 0. The quantitative estimate of drug-likeness (QED) is 0.672. The number of nitrogens with zero attached hydrogens (tertiary/aromatic N) is 1. The molecule has 0 fully saturated rings. The van der Waals surface area contributed by atoms with Gasteiger partial charge >= 0.3 is 0 Å². The number of rotatable bonds is 5. The number of hydrogen-bond donors (Lipinski definition) is 1. The molecule has 0 aliphatic rings. The molecule has 21 heavy (non-hydrogen) atoms. The molecule has 0 saturated carbocycles. The van der Waals surface area contributed by atoms with E-state index in [1.807, 2.05) is 39.1 Å². The summed E-state index contributed by atoms with van der Waals surface area (Å²) in [5.74, 6) is 1.21. The summed E-state index contributed by atoms with van der Waals surface area (Å²) in [5, 5.41) is 14.0. The van der Waals surface area contributed by atoms with E-state index >= 15 is 0 Å². The fraction of sp³-hybridized carbons (Fsp3) is 0.250. The highest BCUT2D eigenvalue weighted by Gasteiger charge is 2.12. The molecule has 0 bridgehead atoms. The number of nitro groups is 1. The van der Waals surface area contributed by atoms with Gasteiger partial charge in [-0.3, -0.25) is 10.1 Å². The summed E-state index contributed by atoms with van der Waals surface area (Å²) < 4.78 is 5.89. The maximum Gasteiger partial charge on any atom is 0.273 e. The first kappa shape index (κ1) is 15.0. The van der Waals surface area contributed by atoms with E-state index in [4.69, 9.17) is 4.74 Å². The molecule has 5 heteroatoms. The lowest BCUT2D eigenvalue weighted by Gasteiger charge is -2.13. The highest BCUT2D eigenvalue weighted by molar-refractivity contribution is 5.47. The van der Waals surface area contributed by atoms with Crippen LogP contribution in [0.4, 0.5) is 5.69 Å². The number of ether oxygens (including phenoxy) is 1. The van der Waals surface area contributed by atoms with Crippen LogP contribution in [0.5, 0.6) is 11.5 Å². The SMILES string of the molecule is CNCc1cc(C)ccc1Oc1cc([N+](=O)[O-])ccc1C. The predicted molar refractivity (Wildman–Crippen MR) is 81.9 cm³/mol. The minimum atomic E-state index is -0.421. The second-order valence-corrected chi connectivity index (χ2v) is 4.95. The lowest BCUT2D eigenvalue weighted by molar-refractivity contribution is -0.384. The van der Waals surface area contributed by atoms with Gasteiger partial charge in [0.25, 0.3) is 5.69 Å². The average Bonchev–Trinajstić information content (AvgIpc) is 2.44. The van der Waals surface area contributed by atoms with Gasteiger partial charge in [0.15, 0.2) is 0 Å². The summed E-state index contributed by atoms with van der Waals surface area (Å²) in [4.78, 5) is 10.5. The van der Waals surface area contributed by atoms with Crippen molar-refractivity contribution in [2.75, 3.05) is 7.05 Å². The van der Waals surface area contributed by atoms with Gasteiger partial charge in [-0.25, -0.2) is 0 Å². The van der Waals surface area contributed by atoms with Crippen molar-refractivity contribution in [1.29, 1.82) is 0 Å². The van der Waals surface area contributed by atoms with Crippen LogP contribution >= 0.6 is 0 Å². The summed E-state index contributed by atoms with van der Waals surface area (Å²) in [7, 11) is 1.87. The third-order valence-electron chi connectivity index (χ3n) is 3.19. The Morgan fingerprint density at radius 1 is 1.14 bits per heavy atom. The normalized spacial score (nSPS) is 10.4. The average molecular weight is 286 g/mol.